The average Bonchev–Trinajstić information content (AvgIpc) is 2.62. The molecular formula is C20H24N4O. The predicted molar refractivity (Wildman–Crippen MR) is 97.8 cm³/mol. The summed E-state index contributed by atoms with van der Waals surface area (Å²) in [5, 5.41) is 0. The number of benzene rings is 1. The lowest BCUT2D eigenvalue weighted by Crippen LogP contribution is -2.46. The molecule has 0 bridgehead atoms. The first-order chi connectivity index (χ1) is 12.2. The van der Waals surface area contributed by atoms with E-state index in [1.54, 1.807) is 6.20 Å². The molecule has 2 aliphatic rings. The van der Waals surface area contributed by atoms with Crippen molar-refractivity contribution in [3.05, 3.63) is 53.3 Å². The van der Waals surface area contributed by atoms with Crippen molar-refractivity contribution in [2.45, 2.75) is 26.3 Å². The molecule has 0 spiro atoms. The summed E-state index contributed by atoms with van der Waals surface area (Å²) < 4.78 is 0. The van der Waals surface area contributed by atoms with Crippen molar-refractivity contribution in [3.8, 4) is 0 Å². The van der Waals surface area contributed by atoms with Gasteiger partial charge in [-0.15, -0.1) is 0 Å². The minimum Gasteiger partial charge on any atom is -0.338 e. The van der Waals surface area contributed by atoms with Crippen LogP contribution in [0.25, 0.3) is 0 Å². The van der Waals surface area contributed by atoms with E-state index in [-0.39, 0.29) is 5.78 Å². The van der Waals surface area contributed by atoms with Gasteiger partial charge in [0.15, 0.2) is 5.78 Å². The number of hydrogen-bond acceptors (Lipinski definition) is 5. The van der Waals surface area contributed by atoms with Gasteiger partial charge in [0.05, 0.1) is 11.3 Å². The van der Waals surface area contributed by atoms with Crippen molar-refractivity contribution < 1.29 is 4.79 Å². The molecule has 1 aliphatic carbocycles. The lowest BCUT2D eigenvalue weighted by molar-refractivity contribution is 0.0951. The zero-order valence-corrected chi connectivity index (χ0v) is 14.7. The van der Waals surface area contributed by atoms with Gasteiger partial charge < -0.3 is 4.90 Å². The number of rotatable bonds is 3. The first kappa shape index (κ1) is 16.2. The molecule has 0 N–H and O–H groups in total. The van der Waals surface area contributed by atoms with E-state index >= 15 is 0 Å². The quantitative estimate of drug-likeness (QED) is 0.862. The second-order valence-electron chi connectivity index (χ2n) is 7.22. The van der Waals surface area contributed by atoms with Gasteiger partial charge in [-0.05, 0) is 17.9 Å². The Kier molecular flexibility index (Phi) is 4.49. The molecule has 1 fully saturated rings. The molecule has 1 aromatic carbocycles. The summed E-state index contributed by atoms with van der Waals surface area (Å²) >= 11 is 0. The van der Waals surface area contributed by atoms with Crippen LogP contribution in [0.3, 0.4) is 0 Å². The van der Waals surface area contributed by atoms with Crippen LogP contribution in [0.15, 0.2) is 36.5 Å². The SMILES string of the molecule is C[C@H]1CC(=O)c2cnc(N3CCN(Cc4ccccc4)CC3)nc2C1. The normalized spacial score (nSPS) is 21.2. The zero-order valence-electron chi connectivity index (χ0n) is 14.7. The van der Waals surface area contributed by atoms with Crippen molar-refractivity contribution in [2.75, 3.05) is 31.1 Å². The predicted octanol–water partition coefficient (Wildman–Crippen LogP) is 2.56. The standard InChI is InChI=1S/C20H24N4O/c1-15-11-18-17(19(25)12-15)13-21-20(22-18)24-9-7-23(8-10-24)14-16-5-3-2-4-6-16/h2-6,13,15H,7-12,14H2,1H3/t15-/m1/s1. The second-order valence-corrected chi connectivity index (χ2v) is 7.22. The molecule has 25 heavy (non-hydrogen) atoms. The molecule has 4 rings (SSSR count). The molecular weight excluding hydrogens is 312 g/mol. The third-order valence-corrected chi connectivity index (χ3v) is 5.14. The van der Waals surface area contributed by atoms with Crippen molar-refractivity contribution >= 4 is 11.7 Å². The van der Waals surface area contributed by atoms with Gasteiger partial charge in [-0.2, -0.15) is 0 Å². The smallest absolute Gasteiger partial charge is 0.225 e. The van der Waals surface area contributed by atoms with Gasteiger partial charge in [0.1, 0.15) is 0 Å². The van der Waals surface area contributed by atoms with Gasteiger partial charge in [0.2, 0.25) is 5.95 Å². The van der Waals surface area contributed by atoms with Crippen LogP contribution in [-0.4, -0.2) is 46.8 Å². The van der Waals surface area contributed by atoms with Crippen LogP contribution in [0.2, 0.25) is 0 Å². The van der Waals surface area contributed by atoms with Gasteiger partial charge in [0.25, 0.3) is 0 Å². The maximum atomic E-state index is 12.1. The van der Waals surface area contributed by atoms with Crippen LogP contribution >= 0.6 is 0 Å². The van der Waals surface area contributed by atoms with Crippen LogP contribution in [0.4, 0.5) is 5.95 Å². The number of Topliss-reactive ketones (excluding diaryl/α,β-unsaturated/α-hetero) is 1. The van der Waals surface area contributed by atoms with E-state index in [9.17, 15) is 4.79 Å². The molecule has 5 heteroatoms. The average molecular weight is 336 g/mol. The summed E-state index contributed by atoms with van der Waals surface area (Å²) in [4.78, 5) is 26.0. The Labute approximate surface area is 148 Å². The Morgan fingerprint density at radius 2 is 1.84 bits per heavy atom. The topological polar surface area (TPSA) is 49.3 Å². The van der Waals surface area contributed by atoms with E-state index in [0.717, 1.165) is 56.4 Å². The maximum Gasteiger partial charge on any atom is 0.225 e. The van der Waals surface area contributed by atoms with E-state index in [0.29, 0.717) is 12.3 Å². The monoisotopic (exact) mass is 336 g/mol. The van der Waals surface area contributed by atoms with Crippen LogP contribution in [0, 0.1) is 5.92 Å². The van der Waals surface area contributed by atoms with Gasteiger partial charge in [0, 0.05) is 45.3 Å². The van der Waals surface area contributed by atoms with Crippen molar-refractivity contribution in [1.82, 2.24) is 14.9 Å². The first-order valence-corrected chi connectivity index (χ1v) is 9.09. The molecule has 2 aromatic rings. The molecule has 1 saturated heterocycles. The third kappa shape index (κ3) is 3.56. The number of carbonyl (C=O) groups is 1. The number of nitrogens with zero attached hydrogens (tertiary/aromatic N) is 4. The molecule has 1 aliphatic heterocycles. The molecule has 0 unspecified atom stereocenters. The Hall–Kier alpha value is -2.27. The fraction of sp³-hybridized carbons (Fsp3) is 0.450. The summed E-state index contributed by atoms with van der Waals surface area (Å²) in [6.45, 7) is 6.97. The molecule has 130 valence electrons. The lowest BCUT2D eigenvalue weighted by Gasteiger charge is -2.35. The Bertz CT molecular complexity index is 754. The highest BCUT2D eigenvalue weighted by Gasteiger charge is 2.26. The van der Waals surface area contributed by atoms with Crippen LogP contribution < -0.4 is 4.90 Å². The molecule has 2 heterocycles. The maximum absolute atomic E-state index is 12.1. The minimum atomic E-state index is 0.188. The number of anilines is 1. The Morgan fingerprint density at radius 3 is 2.60 bits per heavy atom. The first-order valence-electron chi connectivity index (χ1n) is 9.09. The highest BCUT2D eigenvalue weighted by atomic mass is 16.1. The molecule has 5 nitrogen and oxygen atoms in total. The number of fused-ring (bicyclic) bond motifs is 1. The van der Waals surface area contributed by atoms with Crippen molar-refractivity contribution in [1.29, 1.82) is 0 Å². The van der Waals surface area contributed by atoms with Gasteiger partial charge in [-0.3, -0.25) is 9.69 Å². The van der Waals surface area contributed by atoms with E-state index < -0.39 is 0 Å². The molecule has 1 atom stereocenters. The second kappa shape index (κ2) is 6.92. The zero-order chi connectivity index (χ0) is 17.2. The summed E-state index contributed by atoms with van der Waals surface area (Å²) in [5.74, 6) is 1.35. The molecule has 1 aromatic heterocycles. The lowest BCUT2D eigenvalue weighted by atomic mass is 9.88. The summed E-state index contributed by atoms with van der Waals surface area (Å²) in [6.07, 6.45) is 3.24. The third-order valence-electron chi connectivity index (χ3n) is 5.14. The molecule has 0 saturated carbocycles. The van der Waals surface area contributed by atoms with Crippen LogP contribution in [0.1, 0.15) is 35.0 Å². The van der Waals surface area contributed by atoms with Crippen molar-refractivity contribution in [3.63, 3.8) is 0 Å². The summed E-state index contributed by atoms with van der Waals surface area (Å²) in [5.41, 5.74) is 3.01. The Morgan fingerprint density at radius 1 is 1.08 bits per heavy atom. The summed E-state index contributed by atoms with van der Waals surface area (Å²) in [6, 6.07) is 10.6. The van der Waals surface area contributed by atoms with E-state index in [4.69, 9.17) is 4.98 Å². The largest absolute Gasteiger partial charge is 0.338 e. The van der Waals surface area contributed by atoms with Crippen LogP contribution in [0.5, 0.6) is 0 Å². The van der Waals surface area contributed by atoms with E-state index in [1.807, 2.05) is 0 Å². The van der Waals surface area contributed by atoms with Gasteiger partial charge >= 0.3 is 0 Å². The van der Waals surface area contributed by atoms with Gasteiger partial charge in [-0.1, -0.05) is 37.3 Å². The van der Waals surface area contributed by atoms with E-state index in [2.05, 4.69) is 52.0 Å². The van der Waals surface area contributed by atoms with Gasteiger partial charge in [-0.25, -0.2) is 9.97 Å². The summed E-state index contributed by atoms with van der Waals surface area (Å²) in [7, 11) is 0. The number of aromatic nitrogens is 2. The number of hydrogen-bond donors (Lipinski definition) is 0. The fourth-order valence-corrected chi connectivity index (χ4v) is 3.72. The Balaban J connectivity index is 1.41. The minimum absolute atomic E-state index is 0.188. The number of ketones is 1. The van der Waals surface area contributed by atoms with E-state index in [1.165, 1.54) is 5.56 Å². The van der Waals surface area contributed by atoms with Crippen molar-refractivity contribution in [2.24, 2.45) is 5.92 Å². The number of carbonyl (C=O) groups excluding carboxylic acids is 1. The highest BCUT2D eigenvalue weighted by molar-refractivity contribution is 5.98. The fourth-order valence-electron chi connectivity index (χ4n) is 3.72. The molecule has 0 amide bonds. The highest BCUT2D eigenvalue weighted by Crippen LogP contribution is 2.25. The van der Waals surface area contributed by atoms with Crippen LogP contribution in [-0.2, 0) is 13.0 Å². The number of piperazine rings is 1. The molecule has 0 radical (unpaired) electrons.